The minimum atomic E-state index is -0.289. The fourth-order valence-corrected chi connectivity index (χ4v) is 3.15. The third kappa shape index (κ3) is 3.07. The number of hydrazine groups is 1. The van der Waals surface area contributed by atoms with Crippen LogP contribution in [0.1, 0.15) is 10.4 Å². The minimum Gasteiger partial charge on any atom is -0.497 e. The van der Waals surface area contributed by atoms with Gasteiger partial charge >= 0.3 is 0 Å². The molecule has 0 unspecified atom stereocenters. The highest BCUT2D eigenvalue weighted by molar-refractivity contribution is 7.22. The summed E-state index contributed by atoms with van der Waals surface area (Å²) in [5, 5.41) is 1.45. The number of carbonyl (C=O) groups excluding carboxylic acids is 1. The van der Waals surface area contributed by atoms with Crippen LogP contribution in [0.15, 0.2) is 48.9 Å². The second-order valence-electron chi connectivity index (χ2n) is 5.22. The highest BCUT2D eigenvalue weighted by atomic mass is 32.1. The Morgan fingerprint density at radius 3 is 2.92 bits per heavy atom. The van der Waals surface area contributed by atoms with E-state index in [0.717, 1.165) is 26.9 Å². The Hall–Kier alpha value is -3.26. The first kappa shape index (κ1) is 15.3. The molecule has 0 bridgehead atoms. The van der Waals surface area contributed by atoms with E-state index in [1.165, 1.54) is 17.5 Å². The summed E-state index contributed by atoms with van der Waals surface area (Å²) >= 11 is 1.43. The van der Waals surface area contributed by atoms with E-state index in [-0.39, 0.29) is 5.91 Å². The quantitative estimate of drug-likeness (QED) is 0.550. The van der Waals surface area contributed by atoms with Crippen LogP contribution >= 0.6 is 11.3 Å². The molecule has 1 aromatic carbocycles. The highest BCUT2D eigenvalue weighted by Gasteiger charge is 2.09. The van der Waals surface area contributed by atoms with Gasteiger partial charge in [0.05, 0.1) is 29.1 Å². The number of hydrogen-bond donors (Lipinski definition) is 2. The number of thiazole rings is 1. The summed E-state index contributed by atoms with van der Waals surface area (Å²) < 4.78 is 6.17. The molecule has 2 N–H and O–H groups in total. The number of fused-ring (bicyclic) bond motifs is 2. The van der Waals surface area contributed by atoms with E-state index in [1.54, 1.807) is 25.6 Å². The van der Waals surface area contributed by atoms with Gasteiger partial charge in [0.1, 0.15) is 11.3 Å². The first-order chi connectivity index (χ1) is 12.2. The van der Waals surface area contributed by atoms with Crippen LogP contribution in [0.4, 0.5) is 5.13 Å². The molecule has 4 aromatic rings. The van der Waals surface area contributed by atoms with Gasteiger partial charge in [-0.2, -0.15) is 0 Å². The van der Waals surface area contributed by atoms with Gasteiger partial charge < -0.3 is 4.74 Å². The molecule has 3 heterocycles. The molecule has 0 aliphatic rings. The molecule has 124 valence electrons. The number of methoxy groups -OCH3 is 1. The Morgan fingerprint density at radius 1 is 1.16 bits per heavy atom. The number of hydrogen-bond acceptors (Lipinski definition) is 7. The lowest BCUT2D eigenvalue weighted by Crippen LogP contribution is -2.29. The molecule has 0 saturated heterocycles. The average Bonchev–Trinajstić information content (AvgIpc) is 3.08. The van der Waals surface area contributed by atoms with Gasteiger partial charge in [-0.1, -0.05) is 11.3 Å². The monoisotopic (exact) mass is 351 g/mol. The van der Waals surface area contributed by atoms with Crippen molar-refractivity contribution in [2.45, 2.75) is 0 Å². The van der Waals surface area contributed by atoms with E-state index >= 15 is 0 Å². The number of nitrogens with one attached hydrogen (secondary N) is 2. The van der Waals surface area contributed by atoms with Crippen molar-refractivity contribution in [1.82, 2.24) is 20.4 Å². The van der Waals surface area contributed by atoms with Crippen molar-refractivity contribution in [1.29, 1.82) is 0 Å². The Balaban J connectivity index is 1.51. The van der Waals surface area contributed by atoms with E-state index in [0.29, 0.717) is 10.7 Å². The van der Waals surface area contributed by atoms with Crippen LogP contribution in [0, 0.1) is 0 Å². The molecular formula is C17H13N5O2S. The van der Waals surface area contributed by atoms with Gasteiger partial charge in [0.15, 0.2) is 0 Å². The molecule has 0 saturated carbocycles. The first-order valence-electron chi connectivity index (χ1n) is 7.43. The molecule has 0 aliphatic heterocycles. The van der Waals surface area contributed by atoms with Crippen molar-refractivity contribution in [2.75, 3.05) is 12.5 Å². The van der Waals surface area contributed by atoms with Gasteiger partial charge in [-0.05, 0) is 24.3 Å². The lowest BCUT2D eigenvalue weighted by molar-refractivity contribution is 0.0962. The lowest BCUT2D eigenvalue weighted by atomic mass is 10.1. The summed E-state index contributed by atoms with van der Waals surface area (Å²) in [5.41, 5.74) is 7.47. The third-order valence-corrected chi connectivity index (χ3v) is 4.58. The van der Waals surface area contributed by atoms with E-state index in [4.69, 9.17) is 4.74 Å². The molecule has 4 rings (SSSR count). The van der Waals surface area contributed by atoms with Crippen molar-refractivity contribution in [3.8, 4) is 5.75 Å². The van der Waals surface area contributed by atoms with Crippen LogP contribution in [0.25, 0.3) is 21.1 Å². The molecule has 0 fully saturated rings. The number of amides is 1. The van der Waals surface area contributed by atoms with Crippen molar-refractivity contribution < 1.29 is 9.53 Å². The summed E-state index contributed by atoms with van der Waals surface area (Å²) in [7, 11) is 1.60. The van der Waals surface area contributed by atoms with Crippen molar-refractivity contribution in [3.63, 3.8) is 0 Å². The number of carbonyl (C=O) groups is 1. The standard InChI is InChI=1S/C17H13N5O2S/c1-24-12-3-2-10-6-11(8-19-13(10)7-12)16(23)21-22-17-20-14-9-18-5-4-15(14)25-17/h2-9H,1H3,(H,20,22)(H,21,23). The van der Waals surface area contributed by atoms with Gasteiger partial charge in [0, 0.05) is 23.8 Å². The van der Waals surface area contributed by atoms with E-state index in [2.05, 4.69) is 25.8 Å². The normalized spacial score (nSPS) is 10.8. The van der Waals surface area contributed by atoms with Gasteiger partial charge in [-0.15, -0.1) is 0 Å². The Kier molecular flexibility index (Phi) is 3.87. The second-order valence-corrected chi connectivity index (χ2v) is 6.25. The SMILES string of the molecule is COc1ccc2cc(C(=O)NNc3nc4cnccc4s3)cnc2c1. The molecule has 0 radical (unpaired) electrons. The Labute approximate surface area is 146 Å². The molecule has 8 heteroatoms. The van der Waals surface area contributed by atoms with Crippen LogP contribution in [0.5, 0.6) is 5.75 Å². The smallest absolute Gasteiger partial charge is 0.271 e. The van der Waals surface area contributed by atoms with Crippen LogP contribution in [-0.4, -0.2) is 28.0 Å². The third-order valence-electron chi connectivity index (χ3n) is 3.63. The molecule has 3 aromatic heterocycles. The first-order valence-corrected chi connectivity index (χ1v) is 8.25. The summed E-state index contributed by atoms with van der Waals surface area (Å²) in [6.45, 7) is 0. The number of rotatable bonds is 4. The predicted octanol–water partition coefficient (Wildman–Crippen LogP) is 3.01. The van der Waals surface area contributed by atoms with Crippen LogP contribution in [0.2, 0.25) is 0 Å². The number of anilines is 1. The maximum atomic E-state index is 12.3. The van der Waals surface area contributed by atoms with E-state index < -0.39 is 0 Å². The molecule has 0 spiro atoms. The maximum Gasteiger partial charge on any atom is 0.271 e. The Bertz CT molecular complexity index is 1050. The zero-order valence-corrected chi connectivity index (χ0v) is 14.0. The predicted molar refractivity (Wildman–Crippen MR) is 96.8 cm³/mol. The van der Waals surface area contributed by atoms with Crippen LogP contribution < -0.4 is 15.6 Å². The second kappa shape index (κ2) is 6.33. The molecule has 0 atom stereocenters. The van der Waals surface area contributed by atoms with Crippen molar-refractivity contribution in [3.05, 3.63) is 54.5 Å². The van der Waals surface area contributed by atoms with Crippen molar-refractivity contribution in [2.24, 2.45) is 0 Å². The lowest BCUT2D eigenvalue weighted by Gasteiger charge is -2.07. The van der Waals surface area contributed by atoms with E-state index in [9.17, 15) is 4.79 Å². The molecule has 25 heavy (non-hydrogen) atoms. The number of ether oxygens (including phenoxy) is 1. The van der Waals surface area contributed by atoms with Gasteiger partial charge in [0.25, 0.3) is 5.91 Å². The zero-order valence-electron chi connectivity index (χ0n) is 13.2. The highest BCUT2D eigenvalue weighted by Crippen LogP contribution is 2.24. The number of aromatic nitrogens is 3. The molecule has 0 aliphatic carbocycles. The fraction of sp³-hybridized carbons (Fsp3) is 0.0588. The molecular weight excluding hydrogens is 338 g/mol. The fourth-order valence-electron chi connectivity index (χ4n) is 2.37. The van der Waals surface area contributed by atoms with Crippen molar-refractivity contribution >= 4 is 43.5 Å². The Morgan fingerprint density at radius 2 is 2.08 bits per heavy atom. The molecule has 7 nitrogen and oxygen atoms in total. The number of nitrogens with zero attached hydrogens (tertiary/aromatic N) is 3. The summed E-state index contributed by atoms with van der Waals surface area (Å²) in [6.07, 6.45) is 4.92. The van der Waals surface area contributed by atoms with E-state index in [1.807, 2.05) is 24.3 Å². The molecule has 1 amide bonds. The summed E-state index contributed by atoms with van der Waals surface area (Å²) in [6, 6.07) is 9.18. The van der Waals surface area contributed by atoms with Gasteiger partial charge in [-0.3, -0.25) is 25.6 Å². The summed E-state index contributed by atoms with van der Waals surface area (Å²) in [5.74, 6) is 0.437. The largest absolute Gasteiger partial charge is 0.497 e. The average molecular weight is 351 g/mol. The van der Waals surface area contributed by atoms with Gasteiger partial charge in [0.2, 0.25) is 5.13 Å². The van der Waals surface area contributed by atoms with Crippen LogP contribution in [-0.2, 0) is 0 Å². The number of benzene rings is 1. The minimum absolute atomic E-state index is 0.289. The topological polar surface area (TPSA) is 89.0 Å². The van der Waals surface area contributed by atoms with Crippen LogP contribution in [0.3, 0.4) is 0 Å². The zero-order chi connectivity index (χ0) is 17.2. The number of pyridine rings is 2. The maximum absolute atomic E-state index is 12.3. The summed E-state index contributed by atoms with van der Waals surface area (Å²) in [4.78, 5) is 25.0. The van der Waals surface area contributed by atoms with Gasteiger partial charge in [-0.25, -0.2) is 4.98 Å².